The van der Waals surface area contributed by atoms with Gasteiger partial charge in [0.05, 0.1) is 36.7 Å². The van der Waals surface area contributed by atoms with E-state index in [0.717, 1.165) is 35.4 Å². The lowest BCUT2D eigenvalue weighted by Crippen LogP contribution is -2.62. The number of hydrogen-bond donors (Lipinski definition) is 8. The van der Waals surface area contributed by atoms with Crippen molar-refractivity contribution < 1.29 is 29.9 Å². The summed E-state index contributed by atoms with van der Waals surface area (Å²) in [7, 11) is 0. The van der Waals surface area contributed by atoms with E-state index in [2.05, 4.69) is 69.2 Å². The summed E-state index contributed by atoms with van der Waals surface area (Å²) in [6.45, 7) is 2.01. The molecule has 2 aromatic heterocycles. The fourth-order valence-electron chi connectivity index (χ4n) is 7.31. The molecule has 2 fully saturated rings. The Labute approximate surface area is 315 Å². The molecule has 0 radical (unpaired) electrons. The van der Waals surface area contributed by atoms with Crippen LogP contribution in [0, 0.1) is 0 Å². The Balaban J connectivity index is 0.867. The minimum absolute atomic E-state index is 0.383. The minimum atomic E-state index is -1.09. The van der Waals surface area contributed by atoms with Gasteiger partial charge in [-0.25, -0.2) is 9.36 Å². The van der Waals surface area contributed by atoms with Crippen molar-refractivity contribution in [2.45, 2.75) is 125 Å². The van der Waals surface area contributed by atoms with Crippen LogP contribution >= 0.6 is 0 Å². The van der Waals surface area contributed by atoms with Crippen molar-refractivity contribution >= 4 is 0 Å². The molecular weight excluding hydrogens is 692 g/mol. The highest BCUT2D eigenvalue weighted by Gasteiger charge is 2.42. The first-order chi connectivity index (χ1) is 26.0. The maximum Gasteiger partial charge on any atom is 0.109 e. The third-order valence-corrected chi connectivity index (χ3v) is 10.6. The van der Waals surface area contributed by atoms with Crippen molar-refractivity contribution in [2.75, 3.05) is 13.2 Å². The van der Waals surface area contributed by atoms with Gasteiger partial charge >= 0.3 is 0 Å². The summed E-state index contributed by atoms with van der Waals surface area (Å²) in [5.74, 6) is 0. The number of nitrogens with two attached hydrogens (primary N) is 4. The van der Waals surface area contributed by atoms with E-state index in [-0.39, 0.29) is 0 Å². The van der Waals surface area contributed by atoms with Gasteiger partial charge in [0, 0.05) is 49.8 Å². The molecule has 6 rings (SSSR count). The molecular formula is C38H56N10O6. The Kier molecular flexibility index (Phi) is 13.9. The summed E-state index contributed by atoms with van der Waals surface area (Å²) in [5.41, 5.74) is 30.3. The molecule has 16 nitrogen and oxygen atoms in total. The van der Waals surface area contributed by atoms with Gasteiger partial charge < -0.3 is 52.8 Å². The van der Waals surface area contributed by atoms with Gasteiger partial charge in [0.2, 0.25) is 0 Å². The van der Waals surface area contributed by atoms with Crippen molar-refractivity contribution in [3.63, 3.8) is 0 Å². The predicted octanol–water partition coefficient (Wildman–Crippen LogP) is -1.05. The van der Waals surface area contributed by atoms with Crippen LogP contribution in [-0.4, -0.2) is 124 Å². The highest BCUT2D eigenvalue weighted by atomic mass is 16.5. The van der Waals surface area contributed by atoms with Gasteiger partial charge in [-0.05, 0) is 73.6 Å². The van der Waals surface area contributed by atoms with Crippen LogP contribution in [0.25, 0.3) is 0 Å². The molecule has 0 bridgehead atoms. The first kappa shape index (κ1) is 40.0. The third-order valence-electron chi connectivity index (χ3n) is 10.6. The summed E-state index contributed by atoms with van der Waals surface area (Å²) in [6.07, 6.45) is 3.72. The number of nitrogens with zero attached hydrogens (tertiary/aromatic N) is 6. The predicted molar refractivity (Wildman–Crippen MR) is 200 cm³/mol. The Morgan fingerprint density at radius 3 is 1.28 bits per heavy atom. The van der Waals surface area contributed by atoms with E-state index in [1.165, 1.54) is 11.1 Å². The molecule has 10 atom stereocenters. The Hall–Kier alpha value is -3.68. The number of ether oxygens (including phenoxy) is 2. The summed E-state index contributed by atoms with van der Waals surface area (Å²) < 4.78 is 15.3. The topological polar surface area (TPSA) is 265 Å². The number of aliphatic hydroxyl groups excluding tert-OH is 4. The molecule has 0 spiro atoms. The molecule has 2 aliphatic carbocycles. The number of aromatic nitrogens is 6. The molecule has 0 saturated heterocycles. The van der Waals surface area contributed by atoms with E-state index in [4.69, 9.17) is 32.4 Å². The summed E-state index contributed by atoms with van der Waals surface area (Å²) in [5, 5.41) is 57.8. The number of aryl methyl sites for hydroxylation is 4. The van der Waals surface area contributed by atoms with E-state index in [9.17, 15) is 20.4 Å². The summed E-state index contributed by atoms with van der Waals surface area (Å²) in [6, 6.07) is 15.2. The zero-order chi connectivity index (χ0) is 38.2. The van der Waals surface area contributed by atoms with Crippen LogP contribution in [0.15, 0.2) is 60.9 Å². The fourth-order valence-corrected chi connectivity index (χ4v) is 7.31. The molecule has 0 aliphatic heterocycles. The zero-order valence-corrected chi connectivity index (χ0v) is 30.6. The van der Waals surface area contributed by atoms with Crippen molar-refractivity contribution in [1.29, 1.82) is 0 Å². The average Bonchev–Trinajstić information content (AvgIpc) is 3.81. The average molecular weight is 749 g/mol. The van der Waals surface area contributed by atoms with Gasteiger partial charge in [-0.15, -0.1) is 10.2 Å². The van der Waals surface area contributed by atoms with E-state index >= 15 is 0 Å². The SMILES string of the molecule is N[C@@H]1C[C@H](N)[C@@H](OCCCc2cn(Cc3ccc(CCc4ccc(Cn5cc(CCCO[C@H]6[C@H](O)[C@@H](O)[C@H](N)C[C@@H]6N)nn5)cc4)cc3)nn2)[C@H](O)[C@H]1O. The van der Waals surface area contributed by atoms with E-state index in [1.54, 1.807) is 0 Å². The molecule has 0 amide bonds. The molecule has 2 heterocycles. The first-order valence-electron chi connectivity index (χ1n) is 19.0. The normalized spacial score (nSPS) is 28.7. The maximum absolute atomic E-state index is 10.3. The van der Waals surface area contributed by atoms with Crippen molar-refractivity contribution in [2.24, 2.45) is 22.9 Å². The molecule has 12 N–H and O–H groups in total. The highest BCUT2D eigenvalue weighted by molar-refractivity contribution is 5.26. The molecule has 294 valence electrons. The van der Waals surface area contributed by atoms with Crippen LogP contribution in [0.2, 0.25) is 0 Å². The second kappa shape index (κ2) is 18.8. The van der Waals surface area contributed by atoms with Gasteiger partial charge in [-0.3, -0.25) is 0 Å². The van der Waals surface area contributed by atoms with Crippen molar-refractivity contribution in [3.05, 3.63) is 94.6 Å². The quantitative estimate of drug-likeness (QED) is 0.0599. The molecule has 54 heavy (non-hydrogen) atoms. The van der Waals surface area contributed by atoms with Crippen molar-refractivity contribution in [1.82, 2.24) is 30.0 Å². The monoisotopic (exact) mass is 748 g/mol. The molecule has 2 aliphatic rings. The van der Waals surface area contributed by atoms with E-state index in [0.29, 0.717) is 64.8 Å². The molecule has 2 aromatic carbocycles. The lowest BCUT2D eigenvalue weighted by Gasteiger charge is -2.39. The summed E-state index contributed by atoms with van der Waals surface area (Å²) in [4.78, 5) is 0. The largest absolute Gasteiger partial charge is 0.389 e. The Bertz CT molecular complexity index is 1600. The molecule has 4 aromatic rings. The number of hydrogen-bond acceptors (Lipinski definition) is 14. The summed E-state index contributed by atoms with van der Waals surface area (Å²) >= 11 is 0. The van der Waals surface area contributed by atoms with Crippen LogP contribution in [0.5, 0.6) is 0 Å². The van der Waals surface area contributed by atoms with Crippen LogP contribution in [-0.2, 0) is 48.2 Å². The van der Waals surface area contributed by atoms with Gasteiger partial charge in [0.15, 0.2) is 0 Å². The smallest absolute Gasteiger partial charge is 0.109 e. The van der Waals surface area contributed by atoms with Crippen LogP contribution in [0.1, 0.15) is 59.3 Å². The second-order valence-electron chi connectivity index (χ2n) is 14.9. The standard InChI is InChI=1S/C38H56N10O6/c39-29-17-31(41)37(35(51)33(29)49)53-15-1-3-27-21-47(45-43-27)19-25-11-7-23(8-12-25)5-6-24-9-13-26(14-10-24)20-48-22-28(44-46-48)4-2-16-54-38-32(42)18-30(40)34(50)36(38)52/h7-14,21-22,29-38,49-52H,1-6,15-20,39-42H2/t29-,30-,31+,32+,33+,34+,35-,36-,37-,38-/m1/s1. The second-order valence-corrected chi connectivity index (χ2v) is 14.9. The van der Waals surface area contributed by atoms with Gasteiger partial charge in [0.1, 0.15) is 24.4 Å². The molecule has 16 heteroatoms. The molecule has 0 unspecified atom stereocenters. The first-order valence-corrected chi connectivity index (χ1v) is 19.0. The Morgan fingerprint density at radius 2 is 0.889 bits per heavy atom. The molecule has 2 saturated carbocycles. The highest BCUT2D eigenvalue weighted by Crippen LogP contribution is 2.22. The fraction of sp³-hybridized carbons (Fsp3) is 0.579. The van der Waals surface area contributed by atoms with Gasteiger partial charge in [-0.2, -0.15) is 0 Å². The van der Waals surface area contributed by atoms with Gasteiger partial charge in [0.25, 0.3) is 0 Å². The lowest BCUT2D eigenvalue weighted by atomic mass is 9.85. The number of aliphatic hydroxyl groups is 4. The third kappa shape index (κ3) is 10.5. The van der Waals surface area contributed by atoms with Crippen molar-refractivity contribution in [3.8, 4) is 0 Å². The number of rotatable bonds is 17. The van der Waals surface area contributed by atoms with E-state index < -0.39 is 60.8 Å². The van der Waals surface area contributed by atoms with Gasteiger partial charge in [-0.1, -0.05) is 59.0 Å². The number of benzene rings is 2. The Morgan fingerprint density at radius 1 is 0.519 bits per heavy atom. The van der Waals surface area contributed by atoms with Crippen LogP contribution in [0.4, 0.5) is 0 Å². The van der Waals surface area contributed by atoms with Crippen LogP contribution in [0.3, 0.4) is 0 Å². The van der Waals surface area contributed by atoms with E-state index in [1.807, 2.05) is 21.8 Å². The maximum atomic E-state index is 10.3. The lowest BCUT2D eigenvalue weighted by molar-refractivity contribution is -0.127. The zero-order valence-electron chi connectivity index (χ0n) is 30.6. The minimum Gasteiger partial charge on any atom is -0.389 e. The van der Waals surface area contributed by atoms with Crippen LogP contribution < -0.4 is 22.9 Å².